The third kappa shape index (κ3) is 3.11. The molecule has 2 N–H and O–H groups in total. The van der Waals surface area contributed by atoms with E-state index in [1.165, 1.54) is 0 Å². The second-order valence-electron chi connectivity index (χ2n) is 4.70. The smallest absolute Gasteiger partial charge is 0.224 e. The van der Waals surface area contributed by atoms with Crippen molar-refractivity contribution >= 4 is 22.5 Å². The minimum atomic E-state index is 0.0746. The molecule has 0 bridgehead atoms. The van der Waals surface area contributed by atoms with Gasteiger partial charge in [0.1, 0.15) is 0 Å². The number of H-pyrrole nitrogens is 1. The average molecular weight is 245 g/mol. The monoisotopic (exact) mass is 245 g/mol. The molecule has 0 unspecified atom stereocenters. The Morgan fingerprint density at radius 1 is 1.33 bits per heavy atom. The predicted octanol–water partition coefficient (Wildman–Crippen LogP) is 2.45. The molecule has 1 aromatic carbocycles. The maximum atomic E-state index is 11.8. The fourth-order valence-corrected chi connectivity index (χ4v) is 1.96. The van der Waals surface area contributed by atoms with Crippen LogP contribution >= 0.6 is 0 Å². The fraction of sp³-hybridized carbons (Fsp3) is 0.357. The molecule has 0 atom stereocenters. The normalized spacial score (nSPS) is 11.1. The van der Waals surface area contributed by atoms with Gasteiger partial charge in [0.25, 0.3) is 0 Å². The Morgan fingerprint density at radius 3 is 2.94 bits per heavy atom. The number of aromatic nitrogens is 1. The van der Waals surface area contributed by atoms with Crippen LogP contribution in [0.5, 0.6) is 0 Å². The van der Waals surface area contributed by atoms with Crippen molar-refractivity contribution in [3.63, 3.8) is 0 Å². The quantitative estimate of drug-likeness (QED) is 0.850. The van der Waals surface area contributed by atoms with Gasteiger partial charge in [-0.05, 0) is 45.3 Å². The van der Waals surface area contributed by atoms with Crippen LogP contribution < -0.4 is 5.32 Å². The second-order valence-corrected chi connectivity index (χ2v) is 4.70. The number of benzene rings is 1. The molecule has 2 aromatic rings. The zero-order valence-corrected chi connectivity index (χ0v) is 10.9. The first-order valence-corrected chi connectivity index (χ1v) is 6.17. The third-order valence-electron chi connectivity index (χ3n) is 2.88. The SMILES string of the molecule is CN(C)CCCC(=O)Nc1cccc2[nH]ccc12. The lowest BCUT2D eigenvalue weighted by molar-refractivity contribution is -0.116. The molecule has 96 valence electrons. The van der Waals surface area contributed by atoms with E-state index in [0.717, 1.165) is 29.6 Å². The van der Waals surface area contributed by atoms with E-state index >= 15 is 0 Å². The van der Waals surface area contributed by atoms with Crippen molar-refractivity contribution in [2.24, 2.45) is 0 Å². The van der Waals surface area contributed by atoms with Gasteiger partial charge in [-0.3, -0.25) is 4.79 Å². The van der Waals surface area contributed by atoms with Crippen LogP contribution in [0.3, 0.4) is 0 Å². The Bertz CT molecular complexity index is 531. The molecule has 0 saturated heterocycles. The van der Waals surface area contributed by atoms with Gasteiger partial charge in [-0.2, -0.15) is 0 Å². The lowest BCUT2D eigenvalue weighted by Gasteiger charge is -2.09. The maximum absolute atomic E-state index is 11.8. The number of aromatic amines is 1. The van der Waals surface area contributed by atoms with Crippen molar-refractivity contribution in [3.05, 3.63) is 30.5 Å². The van der Waals surface area contributed by atoms with Gasteiger partial charge < -0.3 is 15.2 Å². The third-order valence-corrected chi connectivity index (χ3v) is 2.88. The van der Waals surface area contributed by atoms with Gasteiger partial charge in [0.05, 0.1) is 5.69 Å². The molecule has 0 saturated carbocycles. The molecule has 2 rings (SSSR count). The Kier molecular flexibility index (Phi) is 3.99. The van der Waals surface area contributed by atoms with E-state index < -0.39 is 0 Å². The van der Waals surface area contributed by atoms with Gasteiger partial charge in [-0.1, -0.05) is 6.07 Å². The number of hydrogen-bond donors (Lipinski definition) is 2. The maximum Gasteiger partial charge on any atom is 0.224 e. The molecule has 0 spiro atoms. The fourth-order valence-electron chi connectivity index (χ4n) is 1.96. The zero-order chi connectivity index (χ0) is 13.0. The van der Waals surface area contributed by atoms with Crippen molar-refractivity contribution in [1.82, 2.24) is 9.88 Å². The second kappa shape index (κ2) is 5.69. The molecule has 0 radical (unpaired) electrons. The molecule has 0 aliphatic rings. The first kappa shape index (κ1) is 12.6. The number of nitrogens with zero attached hydrogens (tertiary/aromatic N) is 1. The lowest BCUT2D eigenvalue weighted by atomic mass is 10.2. The zero-order valence-electron chi connectivity index (χ0n) is 10.9. The van der Waals surface area contributed by atoms with Gasteiger partial charge in [0.2, 0.25) is 5.91 Å². The van der Waals surface area contributed by atoms with Crippen molar-refractivity contribution in [3.8, 4) is 0 Å². The van der Waals surface area contributed by atoms with Gasteiger partial charge in [-0.25, -0.2) is 0 Å². The minimum absolute atomic E-state index is 0.0746. The minimum Gasteiger partial charge on any atom is -0.361 e. The molecule has 1 aromatic heterocycles. The highest BCUT2D eigenvalue weighted by Gasteiger charge is 2.06. The summed E-state index contributed by atoms with van der Waals surface area (Å²) >= 11 is 0. The molecule has 0 aliphatic heterocycles. The molecule has 18 heavy (non-hydrogen) atoms. The molecule has 4 nitrogen and oxygen atoms in total. The summed E-state index contributed by atoms with van der Waals surface area (Å²) < 4.78 is 0. The van der Waals surface area contributed by atoms with Crippen LogP contribution in [-0.2, 0) is 4.79 Å². The number of hydrogen-bond acceptors (Lipinski definition) is 2. The van der Waals surface area contributed by atoms with Gasteiger partial charge >= 0.3 is 0 Å². The van der Waals surface area contributed by atoms with Crippen LogP contribution in [-0.4, -0.2) is 36.4 Å². The van der Waals surface area contributed by atoms with Crippen LogP contribution in [0.2, 0.25) is 0 Å². The van der Waals surface area contributed by atoms with E-state index in [2.05, 4.69) is 15.2 Å². The predicted molar refractivity (Wildman–Crippen MR) is 74.7 cm³/mol. The Balaban J connectivity index is 1.96. The first-order valence-electron chi connectivity index (χ1n) is 6.17. The summed E-state index contributed by atoms with van der Waals surface area (Å²) in [5, 5.41) is 4.02. The highest BCUT2D eigenvalue weighted by atomic mass is 16.1. The van der Waals surface area contributed by atoms with Crippen LogP contribution in [0.4, 0.5) is 5.69 Å². The highest BCUT2D eigenvalue weighted by Crippen LogP contribution is 2.22. The molecule has 0 aliphatic carbocycles. The van der Waals surface area contributed by atoms with E-state index in [9.17, 15) is 4.79 Å². The summed E-state index contributed by atoms with van der Waals surface area (Å²) in [5.41, 5.74) is 1.92. The Hall–Kier alpha value is -1.81. The summed E-state index contributed by atoms with van der Waals surface area (Å²) in [7, 11) is 4.02. The van der Waals surface area contributed by atoms with Crippen molar-refractivity contribution in [2.75, 3.05) is 26.0 Å². The van der Waals surface area contributed by atoms with Crippen molar-refractivity contribution in [2.45, 2.75) is 12.8 Å². The van der Waals surface area contributed by atoms with Crippen LogP contribution in [0.15, 0.2) is 30.5 Å². The van der Waals surface area contributed by atoms with Crippen molar-refractivity contribution < 1.29 is 4.79 Å². The van der Waals surface area contributed by atoms with Gasteiger partial charge in [0, 0.05) is 23.5 Å². The van der Waals surface area contributed by atoms with E-state index in [-0.39, 0.29) is 5.91 Å². The number of rotatable bonds is 5. The number of carbonyl (C=O) groups excluding carboxylic acids is 1. The molecule has 0 fully saturated rings. The highest BCUT2D eigenvalue weighted by molar-refractivity contribution is 6.01. The number of nitrogens with one attached hydrogen (secondary N) is 2. The first-order chi connectivity index (χ1) is 8.66. The average Bonchev–Trinajstić information content (AvgIpc) is 2.77. The Labute approximate surface area is 107 Å². The number of anilines is 1. The van der Waals surface area contributed by atoms with Crippen LogP contribution in [0.1, 0.15) is 12.8 Å². The van der Waals surface area contributed by atoms with E-state index in [1.54, 1.807) is 0 Å². The summed E-state index contributed by atoms with van der Waals surface area (Å²) in [6.07, 6.45) is 3.31. The molecule has 1 amide bonds. The summed E-state index contributed by atoms with van der Waals surface area (Å²) in [6, 6.07) is 7.84. The molecular weight excluding hydrogens is 226 g/mol. The number of carbonyl (C=O) groups is 1. The topological polar surface area (TPSA) is 48.1 Å². The standard InChI is InChI=1S/C14H19N3O/c1-17(2)10-4-7-14(18)16-13-6-3-5-12-11(13)8-9-15-12/h3,5-6,8-9,15H,4,7,10H2,1-2H3,(H,16,18). The lowest BCUT2D eigenvalue weighted by Crippen LogP contribution is -2.17. The summed E-state index contributed by atoms with van der Waals surface area (Å²) in [4.78, 5) is 17.0. The van der Waals surface area contributed by atoms with Gasteiger partial charge in [-0.15, -0.1) is 0 Å². The Morgan fingerprint density at radius 2 is 2.17 bits per heavy atom. The summed E-state index contributed by atoms with van der Waals surface area (Å²) in [6.45, 7) is 0.932. The van der Waals surface area contributed by atoms with E-state index in [0.29, 0.717) is 6.42 Å². The number of amides is 1. The van der Waals surface area contributed by atoms with Crippen LogP contribution in [0, 0.1) is 0 Å². The molecule has 1 heterocycles. The largest absolute Gasteiger partial charge is 0.361 e. The summed E-state index contributed by atoms with van der Waals surface area (Å²) in [5.74, 6) is 0.0746. The molecule has 4 heteroatoms. The molecular formula is C14H19N3O. The van der Waals surface area contributed by atoms with Crippen LogP contribution in [0.25, 0.3) is 10.9 Å². The van der Waals surface area contributed by atoms with Crippen molar-refractivity contribution in [1.29, 1.82) is 0 Å². The van der Waals surface area contributed by atoms with E-state index in [4.69, 9.17) is 0 Å². The van der Waals surface area contributed by atoms with E-state index in [1.807, 2.05) is 44.6 Å². The number of fused-ring (bicyclic) bond motifs is 1. The van der Waals surface area contributed by atoms with Gasteiger partial charge in [0.15, 0.2) is 0 Å².